The Morgan fingerprint density at radius 3 is 2.50 bits per heavy atom. The summed E-state index contributed by atoms with van der Waals surface area (Å²) in [6.07, 6.45) is 2.66. The average molecular weight is 219 g/mol. The molecule has 0 spiro atoms. The van der Waals surface area contributed by atoms with Crippen LogP contribution in [0.5, 0.6) is 5.75 Å². The molecule has 88 valence electrons. The highest BCUT2D eigenvalue weighted by molar-refractivity contribution is 5.27. The van der Waals surface area contributed by atoms with Crippen LogP contribution in [0.1, 0.15) is 32.3 Å². The third kappa shape index (κ3) is 2.99. The van der Waals surface area contributed by atoms with Crippen molar-refractivity contribution < 1.29 is 4.74 Å². The van der Waals surface area contributed by atoms with Crippen molar-refractivity contribution in [2.45, 2.75) is 39.3 Å². The van der Waals surface area contributed by atoms with Crippen molar-refractivity contribution in [1.29, 1.82) is 0 Å². The van der Waals surface area contributed by atoms with E-state index < -0.39 is 0 Å². The fourth-order valence-electron chi connectivity index (χ4n) is 2.20. The summed E-state index contributed by atoms with van der Waals surface area (Å²) >= 11 is 0. The van der Waals surface area contributed by atoms with Gasteiger partial charge in [-0.2, -0.15) is 0 Å². The van der Waals surface area contributed by atoms with Crippen molar-refractivity contribution in [3.05, 3.63) is 29.8 Å². The fourth-order valence-corrected chi connectivity index (χ4v) is 2.20. The molecule has 1 saturated carbocycles. The number of hydrogen-bond acceptors (Lipinski definition) is 2. The Kier molecular flexibility index (Phi) is 3.83. The monoisotopic (exact) mass is 219 g/mol. The van der Waals surface area contributed by atoms with Gasteiger partial charge in [-0.15, -0.1) is 0 Å². The molecule has 2 rings (SSSR count). The minimum Gasteiger partial charge on any atom is -0.494 e. The van der Waals surface area contributed by atoms with Crippen molar-refractivity contribution in [3.63, 3.8) is 0 Å². The van der Waals surface area contributed by atoms with Gasteiger partial charge >= 0.3 is 0 Å². The topological polar surface area (TPSA) is 21.3 Å². The summed E-state index contributed by atoms with van der Waals surface area (Å²) in [7, 11) is 0. The molecule has 0 saturated heterocycles. The van der Waals surface area contributed by atoms with E-state index in [1.165, 1.54) is 18.4 Å². The Morgan fingerprint density at radius 1 is 1.25 bits per heavy atom. The highest BCUT2D eigenvalue weighted by atomic mass is 16.5. The van der Waals surface area contributed by atoms with Crippen LogP contribution >= 0.6 is 0 Å². The van der Waals surface area contributed by atoms with Gasteiger partial charge in [0, 0.05) is 12.6 Å². The molecular formula is C14H21NO. The molecule has 1 N–H and O–H groups in total. The van der Waals surface area contributed by atoms with Crippen molar-refractivity contribution in [2.75, 3.05) is 6.61 Å². The van der Waals surface area contributed by atoms with E-state index in [4.69, 9.17) is 4.74 Å². The zero-order chi connectivity index (χ0) is 11.4. The lowest BCUT2D eigenvalue weighted by atomic mass is 9.82. The molecule has 2 nitrogen and oxygen atoms in total. The van der Waals surface area contributed by atoms with Gasteiger partial charge < -0.3 is 10.1 Å². The first-order valence-corrected chi connectivity index (χ1v) is 6.23. The highest BCUT2D eigenvalue weighted by Gasteiger charge is 2.24. The summed E-state index contributed by atoms with van der Waals surface area (Å²) in [6, 6.07) is 9.11. The largest absolute Gasteiger partial charge is 0.494 e. The standard InChI is InChI=1S/C14H21NO/c1-3-16-14-6-4-12(5-7-14)10-15-13-8-11(2)9-13/h4-7,11,13,15H,3,8-10H2,1-2H3. The second-order valence-electron chi connectivity index (χ2n) is 4.73. The summed E-state index contributed by atoms with van der Waals surface area (Å²) < 4.78 is 5.41. The Balaban J connectivity index is 1.76. The third-order valence-corrected chi connectivity index (χ3v) is 3.20. The van der Waals surface area contributed by atoms with Crippen LogP contribution in [0.2, 0.25) is 0 Å². The summed E-state index contributed by atoms with van der Waals surface area (Å²) in [5.41, 5.74) is 1.34. The van der Waals surface area contributed by atoms with Crippen LogP contribution in [0.25, 0.3) is 0 Å². The molecule has 1 fully saturated rings. The SMILES string of the molecule is CCOc1ccc(CNC2CC(C)C2)cc1. The van der Waals surface area contributed by atoms with Crippen molar-refractivity contribution >= 4 is 0 Å². The third-order valence-electron chi connectivity index (χ3n) is 3.20. The second-order valence-corrected chi connectivity index (χ2v) is 4.73. The number of rotatable bonds is 5. The maximum absolute atomic E-state index is 5.41. The average Bonchev–Trinajstić information content (AvgIpc) is 2.25. The number of nitrogens with one attached hydrogen (secondary N) is 1. The molecule has 0 heterocycles. The molecule has 1 aromatic carbocycles. The van der Waals surface area contributed by atoms with Crippen LogP contribution in [-0.2, 0) is 6.54 Å². The van der Waals surface area contributed by atoms with Gasteiger partial charge in [0.2, 0.25) is 0 Å². The quantitative estimate of drug-likeness (QED) is 0.822. The lowest BCUT2D eigenvalue weighted by molar-refractivity contribution is 0.240. The Labute approximate surface area is 98.0 Å². The summed E-state index contributed by atoms with van der Waals surface area (Å²) in [5, 5.41) is 3.58. The zero-order valence-corrected chi connectivity index (χ0v) is 10.2. The first kappa shape index (κ1) is 11.5. The van der Waals surface area contributed by atoms with Gasteiger partial charge in [-0.1, -0.05) is 19.1 Å². The Morgan fingerprint density at radius 2 is 1.94 bits per heavy atom. The minimum absolute atomic E-state index is 0.734. The van der Waals surface area contributed by atoms with Gasteiger partial charge in [-0.25, -0.2) is 0 Å². The number of ether oxygens (including phenoxy) is 1. The molecule has 1 aliphatic carbocycles. The van der Waals surface area contributed by atoms with E-state index in [2.05, 4.69) is 24.4 Å². The zero-order valence-electron chi connectivity index (χ0n) is 10.2. The molecule has 1 aromatic rings. The maximum atomic E-state index is 5.41. The van der Waals surface area contributed by atoms with Gasteiger partial charge in [0.15, 0.2) is 0 Å². The van der Waals surface area contributed by atoms with E-state index in [-0.39, 0.29) is 0 Å². The molecule has 0 bridgehead atoms. The van der Waals surface area contributed by atoms with Crippen LogP contribution in [0.4, 0.5) is 0 Å². The van der Waals surface area contributed by atoms with Crippen molar-refractivity contribution in [2.24, 2.45) is 5.92 Å². The van der Waals surface area contributed by atoms with Gasteiger partial charge in [0.05, 0.1) is 6.61 Å². The van der Waals surface area contributed by atoms with Crippen LogP contribution in [0, 0.1) is 5.92 Å². The van der Waals surface area contributed by atoms with Crippen molar-refractivity contribution in [3.8, 4) is 5.75 Å². The fraction of sp³-hybridized carbons (Fsp3) is 0.571. The molecule has 16 heavy (non-hydrogen) atoms. The summed E-state index contributed by atoms with van der Waals surface area (Å²) in [5.74, 6) is 1.88. The number of benzene rings is 1. The Hall–Kier alpha value is -1.02. The maximum Gasteiger partial charge on any atom is 0.119 e. The van der Waals surface area contributed by atoms with E-state index in [0.717, 1.165) is 30.9 Å². The minimum atomic E-state index is 0.734. The van der Waals surface area contributed by atoms with Gasteiger partial charge in [-0.3, -0.25) is 0 Å². The summed E-state index contributed by atoms with van der Waals surface area (Å²) in [4.78, 5) is 0. The lowest BCUT2D eigenvalue weighted by Gasteiger charge is -2.33. The molecular weight excluding hydrogens is 198 g/mol. The molecule has 0 atom stereocenters. The second kappa shape index (κ2) is 5.35. The van der Waals surface area contributed by atoms with Crippen LogP contribution < -0.4 is 10.1 Å². The summed E-state index contributed by atoms with van der Waals surface area (Å²) in [6.45, 7) is 6.03. The van der Waals surface area contributed by atoms with Crippen LogP contribution in [-0.4, -0.2) is 12.6 Å². The van der Waals surface area contributed by atoms with Gasteiger partial charge in [-0.05, 0) is 43.4 Å². The molecule has 0 unspecified atom stereocenters. The van der Waals surface area contributed by atoms with Gasteiger partial charge in [0.25, 0.3) is 0 Å². The van der Waals surface area contributed by atoms with E-state index in [1.54, 1.807) is 0 Å². The Bertz CT molecular complexity index is 314. The first-order valence-electron chi connectivity index (χ1n) is 6.23. The molecule has 2 heteroatoms. The predicted octanol–water partition coefficient (Wildman–Crippen LogP) is 2.97. The normalized spacial score (nSPS) is 23.9. The lowest BCUT2D eigenvalue weighted by Crippen LogP contribution is -2.39. The smallest absolute Gasteiger partial charge is 0.119 e. The van der Waals surface area contributed by atoms with E-state index in [9.17, 15) is 0 Å². The molecule has 0 radical (unpaired) electrons. The van der Waals surface area contributed by atoms with E-state index in [1.807, 2.05) is 19.1 Å². The number of hydrogen-bond donors (Lipinski definition) is 1. The van der Waals surface area contributed by atoms with Gasteiger partial charge in [0.1, 0.15) is 5.75 Å². The van der Waals surface area contributed by atoms with E-state index >= 15 is 0 Å². The van der Waals surface area contributed by atoms with E-state index in [0.29, 0.717) is 0 Å². The molecule has 0 amide bonds. The molecule has 0 aliphatic heterocycles. The molecule has 1 aliphatic rings. The van der Waals surface area contributed by atoms with Crippen LogP contribution in [0.15, 0.2) is 24.3 Å². The van der Waals surface area contributed by atoms with Crippen molar-refractivity contribution in [1.82, 2.24) is 5.32 Å². The predicted molar refractivity (Wildman–Crippen MR) is 66.6 cm³/mol. The molecule has 0 aromatic heterocycles. The highest BCUT2D eigenvalue weighted by Crippen LogP contribution is 2.26. The van der Waals surface area contributed by atoms with Crippen LogP contribution in [0.3, 0.4) is 0 Å². The first-order chi connectivity index (χ1) is 7.78.